The van der Waals surface area contributed by atoms with E-state index in [1.54, 1.807) is 12.1 Å². The number of aryl methyl sites for hydroxylation is 1. The number of rotatable bonds is 4. The quantitative estimate of drug-likeness (QED) is 0.668. The summed E-state index contributed by atoms with van der Waals surface area (Å²) in [5, 5.41) is 13.8. The second kappa shape index (κ2) is 6.63. The van der Waals surface area contributed by atoms with Crippen LogP contribution in [0.4, 0.5) is 5.69 Å². The molecule has 0 aliphatic carbocycles. The van der Waals surface area contributed by atoms with Crippen LogP contribution in [0.1, 0.15) is 37.7 Å². The predicted molar refractivity (Wildman–Crippen MR) is 72.7 cm³/mol. The number of nitrogens with zero attached hydrogens (tertiary/aromatic N) is 2. The maximum absolute atomic E-state index is 10.6. The Bertz CT molecular complexity index is 419. The van der Waals surface area contributed by atoms with Crippen LogP contribution >= 0.6 is 0 Å². The van der Waals surface area contributed by atoms with Crippen LogP contribution in [-0.2, 0) is 6.42 Å². The fourth-order valence-electron chi connectivity index (χ4n) is 2.52. The summed E-state index contributed by atoms with van der Waals surface area (Å²) in [6, 6.07) is 7.05. The van der Waals surface area contributed by atoms with Crippen molar-refractivity contribution in [2.75, 3.05) is 0 Å². The molecule has 5 nitrogen and oxygen atoms in total. The molecule has 1 N–H and O–H groups in total. The molecule has 1 heterocycles. The van der Waals surface area contributed by atoms with Crippen LogP contribution in [0.25, 0.3) is 0 Å². The first-order valence-corrected chi connectivity index (χ1v) is 6.82. The van der Waals surface area contributed by atoms with E-state index in [4.69, 9.17) is 0 Å². The molecule has 102 valence electrons. The van der Waals surface area contributed by atoms with E-state index in [0.717, 1.165) is 44.1 Å². The summed E-state index contributed by atoms with van der Waals surface area (Å²) >= 11 is 0. The van der Waals surface area contributed by atoms with Crippen molar-refractivity contribution in [3.63, 3.8) is 0 Å². The zero-order valence-electron chi connectivity index (χ0n) is 10.9. The van der Waals surface area contributed by atoms with E-state index in [2.05, 4.69) is 5.32 Å². The lowest BCUT2D eigenvalue weighted by atomic mass is 10.0. The van der Waals surface area contributed by atoms with Crippen LogP contribution in [0, 0.1) is 10.1 Å². The minimum atomic E-state index is -0.385. The Hall–Kier alpha value is -1.46. The highest BCUT2D eigenvalue weighted by Crippen LogP contribution is 2.17. The average molecular weight is 261 g/mol. The fraction of sp³-hybridized carbons (Fsp3) is 0.571. The van der Waals surface area contributed by atoms with E-state index in [1.165, 1.54) is 0 Å². The normalized spacial score (nSPS) is 23.8. The lowest BCUT2D eigenvalue weighted by Crippen LogP contribution is -2.37. The minimum Gasteiger partial charge on any atom is -0.297 e. The molecular weight excluding hydrogens is 242 g/mol. The molecule has 19 heavy (non-hydrogen) atoms. The summed E-state index contributed by atoms with van der Waals surface area (Å²) in [7, 11) is 0. The van der Waals surface area contributed by atoms with E-state index >= 15 is 0 Å². The molecule has 2 rings (SSSR count). The van der Waals surface area contributed by atoms with Crippen molar-refractivity contribution in [3.8, 4) is 0 Å². The number of nitro benzene ring substituents is 1. The summed E-state index contributed by atoms with van der Waals surface area (Å²) in [5.41, 5.74) is 10.9. The van der Waals surface area contributed by atoms with E-state index in [1.807, 2.05) is 12.1 Å². The lowest BCUT2D eigenvalue weighted by molar-refractivity contribution is -0.384. The molecule has 0 aromatic heterocycles. The van der Waals surface area contributed by atoms with Crippen molar-refractivity contribution in [2.24, 2.45) is 0 Å². The third-order valence-electron chi connectivity index (χ3n) is 3.64. The predicted octanol–water partition coefficient (Wildman–Crippen LogP) is 2.45. The number of non-ortho nitro benzene ring substituents is 1. The average Bonchev–Trinajstić information content (AvgIpc) is 2.61. The van der Waals surface area contributed by atoms with E-state index in [-0.39, 0.29) is 16.8 Å². The van der Waals surface area contributed by atoms with Crippen LogP contribution in [0.15, 0.2) is 24.3 Å². The molecule has 0 saturated carbocycles. The van der Waals surface area contributed by atoms with Crippen molar-refractivity contribution < 1.29 is 4.92 Å². The van der Waals surface area contributed by atoms with Crippen LogP contribution in [-0.4, -0.2) is 17.1 Å². The summed E-state index contributed by atoms with van der Waals surface area (Å²) in [6.45, 7) is 0. The molecule has 1 aliphatic heterocycles. The molecule has 1 fully saturated rings. The molecule has 0 bridgehead atoms. The molecule has 0 spiro atoms. The topological polar surface area (TPSA) is 77.5 Å². The van der Waals surface area contributed by atoms with E-state index in [9.17, 15) is 15.8 Å². The van der Waals surface area contributed by atoms with Gasteiger partial charge in [-0.05, 0) is 31.2 Å². The Balaban J connectivity index is 1.85. The summed E-state index contributed by atoms with van der Waals surface area (Å²) in [6.07, 6.45) is 5.58. The van der Waals surface area contributed by atoms with Crippen molar-refractivity contribution in [2.45, 2.75) is 50.7 Å². The first-order valence-electron chi connectivity index (χ1n) is 6.82. The Morgan fingerprint density at radius 2 is 1.95 bits per heavy atom. The number of benzene rings is 1. The van der Waals surface area contributed by atoms with Crippen LogP contribution < -0.4 is 11.1 Å². The SMILES string of the molecule is [N]C1CCCCC(CCc2ccc([N+](=O)[O-])cc2)N1. The van der Waals surface area contributed by atoms with Gasteiger partial charge in [-0.3, -0.25) is 15.4 Å². The van der Waals surface area contributed by atoms with Gasteiger partial charge in [0.15, 0.2) is 0 Å². The molecular formula is C14H19N3O2. The smallest absolute Gasteiger partial charge is 0.269 e. The van der Waals surface area contributed by atoms with Crippen LogP contribution in [0.3, 0.4) is 0 Å². The molecule has 2 radical (unpaired) electrons. The molecule has 1 aliphatic rings. The molecule has 2 unspecified atom stereocenters. The van der Waals surface area contributed by atoms with Gasteiger partial charge >= 0.3 is 0 Å². The highest BCUT2D eigenvalue weighted by Gasteiger charge is 2.17. The van der Waals surface area contributed by atoms with Gasteiger partial charge in [0.05, 0.1) is 11.1 Å². The Morgan fingerprint density at radius 1 is 1.26 bits per heavy atom. The number of hydrogen-bond donors (Lipinski definition) is 1. The van der Waals surface area contributed by atoms with E-state index in [0.29, 0.717) is 6.04 Å². The number of nitrogens with one attached hydrogen (secondary N) is 1. The first kappa shape index (κ1) is 14.0. The maximum Gasteiger partial charge on any atom is 0.269 e. The Morgan fingerprint density at radius 3 is 2.63 bits per heavy atom. The van der Waals surface area contributed by atoms with E-state index < -0.39 is 0 Å². The number of hydrogen-bond acceptors (Lipinski definition) is 3. The van der Waals surface area contributed by atoms with Gasteiger partial charge < -0.3 is 0 Å². The van der Waals surface area contributed by atoms with Crippen molar-refractivity contribution in [1.82, 2.24) is 11.1 Å². The molecule has 1 aromatic carbocycles. The Labute approximate surface area is 113 Å². The fourth-order valence-corrected chi connectivity index (χ4v) is 2.52. The highest BCUT2D eigenvalue weighted by molar-refractivity contribution is 5.32. The van der Waals surface area contributed by atoms with Gasteiger partial charge in [0.1, 0.15) is 0 Å². The molecule has 1 saturated heterocycles. The van der Waals surface area contributed by atoms with Gasteiger partial charge in [-0.1, -0.05) is 25.0 Å². The Kier molecular flexibility index (Phi) is 4.87. The summed E-state index contributed by atoms with van der Waals surface area (Å²) in [5.74, 6) is 0. The molecule has 1 aromatic rings. The van der Waals surface area contributed by atoms with Crippen LogP contribution in [0.2, 0.25) is 0 Å². The monoisotopic (exact) mass is 261 g/mol. The second-order valence-corrected chi connectivity index (χ2v) is 5.13. The highest BCUT2D eigenvalue weighted by atomic mass is 16.6. The minimum absolute atomic E-state index is 0.131. The summed E-state index contributed by atoms with van der Waals surface area (Å²) < 4.78 is 0. The van der Waals surface area contributed by atoms with Gasteiger partial charge in [-0.15, -0.1) is 5.73 Å². The standard InChI is InChI=1S/C14H19N3O2/c15-14-4-2-1-3-12(16-14)8-5-11-6-9-13(10-7-11)17(18)19/h6-7,9-10,12,14,16H,1-5,8H2. The van der Waals surface area contributed by atoms with Gasteiger partial charge in [0.2, 0.25) is 0 Å². The first-order chi connectivity index (χ1) is 9.15. The zero-order valence-corrected chi connectivity index (χ0v) is 10.9. The zero-order chi connectivity index (χ0) is 13.7. The number of nitro groups is 1. The van der Waals surface area contributed by atoms with Gasteiger partial charge in [-0.2, -0.15) is 0 Å². The third-order valence-corrected chi connectivity index (χ3v) is 3.64. The lowest BCUT2D eigenvalue weighted by Gasteiger charge is -2.18. The van der Waals surface area contributed by atoms with Crippen molar-refractivity contribution in [1.29, 1.82) is 0 Å². The maximum atomic E-state index is 10.6. The summed E-state index contributed by atoms with van der Waals surface area (Å²) in [4.78, 5) is 10.2. The molecule has 5 heteroatoms. The third kappa shape index (κ3) is 4.29. The largest absolute Gasteiger partial charge is 0.297 e. The van der Waals surface area contributed by atoms with Gasteiger partial charge in [0.25, 0.3) is 5.69 Å². The van der Waals surface area contributed by atoms with Crippen LogP contribution in [0.5, 0.6) is 0 Å². The van der Waals surface area contributed by atoms with Gasteiger partial charge in [-0.25, -0.2) is 0 Å². The van der Waals surface area contributed by atoms with Crippen molar-refractivity contribution in [3.05, 3.63) is 39.9 Å². The van der Waals surface area contributed by atoms with Crippen molar-refractivity contribution >= 4 is 5.69 Å². The van der Waals surface area contributed by atoms with Gasteiger partial charge in [0, 0.05) is 18.2 Å². The molecule has 0 amide bonds. The second-order valence-electron chi connectivity index (χ2n) is 5.13. The molecule has 2 atom stereocenters.